The van der Waals surface area contributed by atoms with E-state index < -0.39 is 0 Å². The van der Waals surface area contributed by atoms with Gasteiger partial charge in [0, 0.05) is 20.1 Å². The highest BCUT2D eigenvalue weighted by molar-refractivity contribution is 5.79. The molecule has 7 heteroatoms. The molecule has 0 aromatic heterocycles. The average molecular weight is 368 g/mol. The largest absolute Gasteiger partial charge is 0.450 e. The zero-order valence-corrected chi connectivity index (χ0v) is 16.7. The van der Waals surface area contributed by atoms with E-state index in [1.165, 1.54) is 38.8 Å². The summed E-state index contributed by atoms with van der Waals surface area (Å²) in [6.07, 6.45) is 5.77. The molecule has 3 N–H and O–H groups in total. The molecule has 1 atom stereocenters. The van der Waals surface area contributed by atoms with Crippen molar-refractivity contribution in [2.45, 2.75) is 52.0 Å². The Morgan fingerprint density at radius 3 is 2.58 bits per heavy atom. The van der Waals surface area contributed by atoms with Crippen molar-refractivity contribution in [3.8, 4) is 0 Å². The Morgan fingerprint density at radius 2 is 1.96 bits per heavy atom. The number of nitrogens with one attached hydrogen (secondary N) is 3. The van der Waals surface area contributed by atoms with Gasteiger partial charge in [0.15, 0.2) is 5.96 Å². The lowest BCUT2D eigenvalue weighted by Gasteiger charge is -2.30. The van der Waals surface area contributed by atoms with E-state index in [0.29, 0.717) is 19.1 Å². The van der Waals surface area contributed by atoms with Gasteiger partial charge < -0.3 is 25.6 Å². The van der Waals surface area contributed by atoms with Crippen LogP contribution in [0.4, 0.5) is 4.79 Å². The van der Waals surface area contributed by atoms with E-state index in [1.807, 2.05) is 6.92 Å². The monoisotopic (exact) mass is 367 g/mol. The highest BCUT2D eigenvalue weighted by atomic mass is 16.5. The maximum Gasteiger partial charge on any atom is 0.407 e. The molecule has 0 aromatic carbocycles. The molecule has 1 amide bonds. The predicted molar refractivity (Wildman–Crippen MR) is 105 cm³/mol. The summed E-state index contributed by atoms with van der Waals surface area (Å²) in [6.45, 7) is 9.76. The lowest BCUT2D eigenvalue weighted by molar-refractivity contribution is 0.146. The summed E-state index contributed by atoms with van der Waals surface area (Å²) < 4.78 is 5.00. The van der Waals surface area contributed by atoms with Gasteiger partial charge in [-0.2, -0.15) is 0 Å². The average Bonchev–Trinajstić information content (AvgIpc) is 3.47. The molecule has 1 heterocycles. The normalized spacial score (nSPS) is 20.5. The smallest absolute Gasteiger partial charge is 0.407 e. The molecule has 1 saturated heterocycles. The molecule has 2 aliphatic rings. The van der Waals surface area contributed by atoms with Gasteiger partial charge in [0.2, 0.25) is 0 Å². The summed E-state index contributed by atoms with van der Waals surface area (Å²) in [5, 5.41) is 9.68. The molecule has 2 rings (SSSR count). The Kier molecular flexibility index (Phi) is 9.01. The van der Waals surface area contributed by atoms with Gasteiger partial charge in [-0.3, -0.25) is 4.99 Å². The minimum Gasteiger partial charge on any atom is -0.450 e. The second kappa shape index (κ2) is 11.3. The molecule has 1 unspecified atom stereocenters. The first-order valence-corrected chi connectivity index (χ1v) is 10.2. The minimum absolute atomic E-state index is 0.0999. The van der Waals surface area contributed by atoms with Gasteiger partial charge in [-0.25, -0.2) is 4.79 Å². The number of carbonyl (C=O) groups excluding carboxylic acids is 1. The van der Waals surface area contributed by atoms with E-state index in [1.54, 1.807) is 7.05 Å². The lowest BCUT2D eigenvalue weighted by atomic mass is 9.99. The van der Waals surface area contributed by atoms with Crippen molar-refractivity contribution in [2.75, 3.05) is 46.4 Å². The van der Waals surface area contributed by atoms with Gasteiger partial charge in [-0.05, 0) is 70.5 Å². The standard InChI is InChI=1S/C19H37N5O2/c1-4-26-19(25)23-17(16-6-7-16)14-22-18(20-3)21-10-5-11-24-12-8-15(2)9-13-24/h15-17H,4-14H2,1-3H3,(H,23,25)(H2,20,21,22). The zero-order valence-electron chi connectivity index (χ0n) is 16.7. The van der Waals surface area contributed by atoms with Crippen LogP contribution in [0.5, 0.6) is 0 Å². The molecule has 1 aliphatic heterocycles. The van der Waals surface area contributed by atoms with Crippen molar-refractivity contribution in [1.82, 2.24) is 20.9 Å². The van der Waals surface area contributed by atoms with Gasteiger partial charge in [0.1, 0.15) is 0 Å². The number of likely N-dealkylation sites (tertiary alicyclic amines) is 1. The molecular formula is C19H37N5O2. The molecule has 1 aliphatic carbocycles. The number of aliphatic imine (C=N–C) groups is 1. The van der Waals surface area contributed by atoms with E-state index >= 15 is 0 Å². The van der Waals surface area contributed by atoms with E-state index in [9.17, 15) is 4.79 Å². The number of piperidine rings is 1. The molecule has 26 heavy (non-hydrogen) atoms. The lowest BCUT2D eigenvalue weighted by Crippen LogP contribution is -2.48. The molecule has 1 saturated carbocycles. The first kappa shape index (κ1) is 20.8. The van der Waals surface area contributed by atoms with Gasteiger partial charge in [0.05, 0.1) is 12.6 Å². The highest BCUT2D eigenvalue weighted by Crippen LogP contribution is 2.32. The second-order valence-corrected chi connectivity index (χ2v) is 7.57. The Hall–Kier alpha value is -1.50. The summed E-state index contributed by atoms with van der Waals surface area (Å²) in [5.41, 5.74) is 0. The van der Waals surface area contributed by atoms with Crippen LogP contribution in [0.2, 0.25) is 0 Å². The van der Waals surface area contributed by atoms with E-state index in [2.05, 4.69) is 32.8 Å². The van der Waals surface area contributed by atoms with Gasteiger partial charge in [-0.15, -0.1) is 0 Å². The van der Waals surface area contributed by atoms with Crippen molar-refractivity contribution in [3.05, 3.63) is 0 Å². The fourth-order valence-electron chi connectivity index (χ4n) is 3.38. The number of alkyl carbamates (subject to hydrolysis) is 1. The minimum atomic E-state index is -0.329. The highest BCUT2D eigenvalue weighted by Gasteiger charge is 2.32. The second-order valence-electron chi connectivity index (χ2n) is 7.57. The predicted octanol–water partition coefficient (Wildman–Crippen LogP) is 1.80. The maximum atomic E-state index is 11.7. The number of carbonyl (C=O) groups is 1. The van der Waals surface area contributed by atoms with Crippen LogP contribution in [0.25, 0.3) is 0 Å². The fourth-order valence-corrected chi connectivity index (χ4v) is 3.38. The Balaban J connectivity index is 1.61. The maximum absolute atomic E-state index is 11.7. The van der Waals surface area contributed by atoms with E-state index in [4.69, 9.17) is 4.74 Å². The van der Waals surface area contributed by atoms with Crippen LogP contribution in [-0.2, 0) is 4.74 Å². The summed E-state index contributed by atoms with van der Waals surface area (Å²) in [5.74, 6) is 2.23. The van der Waals surface area contributed by atoms with Crippen LogP contribution in [0.1, 0.15) is 46.0 Å². The van der Waals surface area contributed by atoms with Crippen molar-refractivity contribution in [1.29, 1.82) is 0 Å². The first-order chi connectivity index (χ1) is 12.6. The number of ether oxygens (including phenoxy) is 1. The van der Waals surface area contributed by atoms with Crippen LogP contribution in [-0.4, -0.2) is 69.4 Å². The molecular weight excluding hydrogens is 330 g/mol. The van der Waals surface area contributed by atoms with Gasteiger partial charge in [-0.1, -0.05) is 6.92 Å². The Morgan fingerprint density at radius 1 is 1.23 bits per heavy atom. The molecule has 0 spiro atoms. The topological polar surface area (TPSA) is 78.0 Å². The summed E-state index contributed by atoms with van der Waals surface area (Å²) >= 11 is 0. The summed E-state index contributed by atoms with van der Waals surface area (Å²) in [7, 11) is 1.78. The summed E-state index contributed by atoms with van der Waals surface area (Å²) in [4.78, 5) is 18.5. The number of hydrogen-bond donors (Lipinski definition) is 3. The Bertz CT molecular complexity index is 445. The fraction of sp³-hybridized carbons (Fsp3) is 0.895. The molecule has 2 fully saturated rings. The van der Waals surface area contributed by atoms with Crippen LogP contribution in [0, 0.1) is 11.8 Å². The third-order valence-electron chi connectivity index (χ3n) is 5.30. The van der Waals surface area contributed by atoms with E-state index in [-0.39, 0.29) is 12.1 Å². The number of amides is 1. The van der Waals surface area contributed by atoms with Crippen LogP contribution in [0.3, 0.4) is 0 Å². The van der Waals surface area contributed by atoms with E-state index in [0.717, 1.165) is 31.4 Å². The zero-order chi connectivity index (χ0) is 18.8. The van der Waals surface area contributed by atoms with Gasteiger partial charge >= 0.3 is 6.09 Å². The van der Waals surface area contributed by atoms with Crippen molar-refractivity contribution in [3.63, 3.8) is 0 Å². The molecule has 150 valence electrons. The molecule has 0 aromatic rings. The Labute approximate surface area is 158 Å². The molecule has 0 bridgehead atoms. The molecule has 0 radical (unpaired) electrons. The van der Waals surface area contributed by atoms with Crippen molar-refractivity contribution < 1.29 is 9.53 Å². The first-order valence-electron chi connectivity index (χ1n) is 10.2. The summed E-state index contributed by atoms with van der Waals surface area (Å²) in [6, 6.07) is 0.0999. The van der Waals surface area contributed by atoms with Crippen LogP contribution < -0.4 is 16.0 Å². The van der Waals surface area contributed by atoms with Crippen LogP contribution >= 0.6 is 0 Å². The third kappa shape index (κ3) is 7.81. The number of hydrogen-bond acceptors (Lipinski definition) is 4. The molecule has 7 nitrogen and oxygen atoms in total. The third-order valence-corrected chi connectivity index (χ3v) is 5.30. The quantitative estimate of drug-likeness (QED) is 0.329. The van der Waals surface area contributed by atoms with Crippen molar-refractivity contribution in [2.24, 2.45) is 16.8 Å². The number of guanidine groups is 1. The van der Waals surface area contributed by atoms with Crippen molar-refractivity contribution >= 4 is 12.1 Å². The number of nitrogens with zero attached hydrogens (tertiary/aromatic N) is 2. The number of rotatable bonds is 9. The van der Waals surface area contributed by atoms with Gasteiger partial charge in [0.25, 0.3) is 0 Å². The van der Waals surface area contributed by atoms with Crippen LogP contribution in [0.15, 0.2) is 4.99 Å². The SMILES string of the molecule is CCOC(=O)NC(CNC(=NC)NCCCN1CCC(C)CC1)C1CC1.